The highest BCUT2D eigenvalue weighted by atomic mass is 14.2. The molecule has 1 aliphatic rings. The van der Waals surface area contributed by atoms with Gasteiger partial charge in [0.25, 0.3) is 0 Å². The van der Waals surface area contributed by atoms with E-state index in [0.717, 1.165) is 18.4 Å². The van der Waals surface area contributed by atoms with Crippen molar-refractivity contribution < 1.29 is 0 Å². The molecule has 46 heavy (non-hydrogen) atoms. The van der Waals surface area contributed by atoms with Crippen molar-refractivity contribution in [3.63, 3.8) is 0 Å². The van der Waals surface area contributed by atoms with Gasteiger partial charge < -0.3 is 0 Å². The molecule has 0 saturated heterocycles. The van der Waals surface area contributed by atoms with E-state index in [1.165, 1.54) is 66.8 Å². The zero-order valence-electron chi connectivity index (χ0n) is 28.3. The summed E-state index contributed by atoms with van der Waals surface area (Å²) in [7, 11) is 0. The molecule has 1 unspecified atom stereocenters. The molecule has 0 bridgehead atoms. The molecular formula is C46H48. The molecule has 1 atom stereocenters. The van der Waals surface area contributed by atoms with Gasteiger partial charge in [0.15, 0.2) is 0 Å². The van der Waals surface area contributed by atoms with Gasteiger partial charge in [-0.15, -0.1) is 0 Å². The van der Waals surface area contributed by atoms with Crippen molar-refractivity contribution >= 4 is 17.2 Å². The molecule has 0 nitrogen and oxygen atoms in total. The summed E-state index contributed by atoms with van der Waals surface area (Å²) in [4.78, 5) is 0. The maximum atomic E-state index is 4.52. The Hall–Kier alpha value is -4.94. The zero-order valence-corrected chi connectivity index (χ0v) is 28.3. The monoisotopic (exact) mass is 600 g/mol. The van der Waals surface area contributed by atoms with Gasteiger partial charge >= 0.3 is 0 Å². The van der Waals surface area contributed by atoms with Gasteiger partial charge in [0, 0.05) is 0 Å². The maximum absolute atomic E-state index is 4.52. The van der Waals surface area contributed by atoms with Crippen LogP contribution in [-0.2, 0) is 0 Å². The number of benzene rings is 3. The van der Waals surface area contributed by atoms with E-state index in [1.54, 1.807) is 0 Å². The lowest BCUT2D eigenvalue weighted by molar-refractivity contribution is 0.967. The number of aryl methyl sites for hydroxylation is 1. The van der Waals surface area contributed by atoms with Crippen molar-refractivity contribution in [3.05, 3.63) is 208 Å². The lowest BCUT2D eigenvalue weighted by Gasteiger charge is -2.20. The minimum Gasteiger partial charge on any atom is -0.0991 e. The van der Waals surface area contributed by atoms with Crippen LogP contribution >= 0.6 is 0 Å². The average molecular weight is 601 g/mol. The minimum atomic E-state index is 0.344. The van der Waals surface area contributed by atoms with Crippen molar-refractivity contribution in [1.29, 1.82) is 0 Å². The van der Waals surface area contributed by atoms with E-state index in [1.807, 2.05) is 25.2 Å². The molecule has 0 heteroatoms. The molecular weight excluding hydrogens is 553 g/mol. The van der Waals surface area contributed by atoms with Crippen LogP contribution in [0.1, 0.15) is 82.7 Å². The predicted molar refractivity (Wildman–Crippen MR) is 205 cm³/mol. The highest BCUT2D eigenvalue weighted by molar-refractivity contribution is 5.88. The first kappa shape index (κ1) is 33.9. The van der Waals surface area contributed by atoms with E-state index in [2.05, 4.69) is 163 Å². The van der Waals surface area contributed by atoms with E-state index in [9.17, 15) is 0 Å². The molecule has 232 valence electrons. The van der Waals surface area contributed by atoms with E-state index >= 15 is 0 Å². The van der Waals surface area contributed by atoms with Gasteiger partial charge in [-0.3, -0.25) is 0 Å². The summed E-state index contributed by atoms with van der Waals surface area (Å²) in [6, 6.07) is 20.2. The highest BCUT2D eigenvalue weighted by Gasteiger charge is 2.17. The zero-order chi connectivity index (χ0) is 33.1. The largest absolute Gasteiger partial charge is 0.0991 e. The lowest BCUT2D eigenvalue weighted by atomic mass is 9.84. The molecule has 0 aromatic heterocycles. The smallest absolute Gasteiger partial charge is 0.000732 e. The quantitative estimate of drug-likeness (QED) is 0.181. The molecule has 0 amide bonds. The molecule has 0 aliphatic heterocycles. The van der Waals surface area contributed by atoms with Crippen LogP contribution in [0.15, 0.2) is 158 Å². The molecule has 4 rings (SSSR count). The van der Waals surface area contributed by atoms with Crippen LogP contribution in [0.3, 0.4) is 0 Å². The third-order valence-electron chi connectivity index (χ3n) is 8.84. The Morgan fingerprint density at radius 3 is 2.11 bits per heavy atom. The number of hydrogen-bond donors (Lipinski definition) is 0. The average Bonchev–Trinajstić information content (AvgIpc) is 3.07. The summed E-state index contributed by atoms with van der Waals surface area (Å²) in [6.45, 7) is 23.3. The number of allylic oxidation sites excluding steroid dienone is 14. The summed E-state index contributed by atoms with van der Waals surface area (Å²) in [5, 5.41) is 0. The van der Waals surface area contributed by atoms with Gasteiger partial charge in [0.05, 0.1) is 0 Å². The highest BCUT2D eigenvalue weighted by Crippen LogP contribution is 2.36. The molecule has 0 heterocycles. The van der Waals surface area contributed by atoms with Crippen LogP contribution in [0.5, 0.6) is 0 Å². The van der Waals surface area contributed by atoms with Gasteiger partial charge in [0.2, 0.25) is 0 Å². The Balaban J connectivity index is 1.79. The van der Waals surface area contributed by atoms with Crippen LogP contribution in [0, 0.1) is 20.8 Å². The van der Waals surface area contributed by atoms with Crippen molar-refractivity contribution in [3.8, 4) is 0 Å². The first-order valence-corrected chi connectivity index (χ1v) is 16.3. The maximum Gasteiger partial charge on any atom is -0.000732 e. The molecule has 0 spiro atoms. The van der Waals surface area contributed by atoms with E-state index in [-0.39, 0.29) is 0 Å². The topological polar surface area (TPSA) is 0 Å². The Kier molecular flexibility index (Phi) is 12.1. The van der Waals surface area contributed by atoms with Crippen molar-refractivity contribution in [2.45, 2.75) is 53.4 Å². The summed E-state index contributed by atoms with van der Waals surface area (Å²) < 4.78 is 0. The predicted octanol–water partition coefficient (Wildman–Crippen LogP) is 12.9. The van der Waals surface area contributed by atoms with Crippen molar-refractivity contribution in [2.75, 3.05) is 0 Å². The Morgan fingerprint density at radius 2 is 1.50 bits per heavy atom. The molecule has 0 N–H and O–H groups in total. The summed E-state index contributed by atoms with van der Waals surface area (Å²) in [5.74, 6) is 0.344. The molecule has 3 aromatic rings. The van der Waals surface area contributed by atoms with E-state index in [0.29, 0.717) is 5.92 Å². The SMILES string of the molecule is C=C/C=C\c1ccc(/C(=C/C(=C)C2=CC=CCC2)c2ccc(/C(=C\C=C)c3ccc(C(C)/C=C\C=C/C)cc3)c(C)c2C)cc1C. The molecule has 1 aliphatic carbocycles. The van der Waals surface area contributed by atoms with Crippen LogP contribution < -0.4 is 0 Å². The van der Waals surface area contributed by atoms with Crippen LogP contribution in [0.25, 0.3) is 17.2 Å². The fraction of sp³-hybridized carbons (Fsp3) is 0.174. The second-order valence-corrected chi connectivity index (χ2v) is 12.0. The molecule has 0 radical (unpaired) electrons. The van der Waals surface area contributed by atoms with Crippen LogP contribution in [-0.4, -0.2) is 0 Å². The molecule has 0 saturated carbocycles. The van der Waals surface area contributed by atoms with Crippen LogP contribution in [0.4, 0.5) is 0 Å². The molecule has 3 aromatic carbocycles. The van der Waals surface area contributed by atoms with Crippen LogP contribution in [0.2, 0.25) is 0 Å². The standard InChI is InChI=1S/C46H48/c1-9-12-15-19-33(4)40-23-26-41(27-24-40)45(18-11-3)43-29-30-44(37(8)36(43)7)46(32-35(6)38-21-16-14-17-22-38)42-28-25-39(20-13-10-2)34(5)31-42/h9-16,18-21,23-33H,2-3,6,17,22H2,1,4-5,7-8H3/b12-9-,19-15-,20-13-,45-18-,46-32-. The molecule has 0 fully saturated rings. The summed E-state index contributed by atoms with van der Waals surface area (Å²) in [6.07, 6.45) is 29.3. The second kappa shape index (κ2) is 16.4. The van der Waals surface area contributed by atoms with Gasteiger partial charge in [-0.05, 0) is 125 Å². The van der Waals surface area contributed by atoms with E-state index < -0.39 is 0 Å². The van der Waals surface area contributed by atoms with Gasteiger partial charge in [-0.1, -0.05) is 154 Å². The Labute approximate surface area is 278 Å². The number of rotatable bonds is 12. The normalized spacial score (nSPS) is 14.7. The first-order chi connectivity index (χ1) is 22.3. The van der Waals surface area contributed by atoms with Gasteiger partial charge in [0.1, 0.15) is 0 Å². The minimum absolute atomic E-state index is 0.344. The lowest BCUT2D eigenvalue weighted by Crippen LogP contribution is -2.01. The summed E-state index contributed by atoms with van der Waals surface area (Å²) >= 11 is 0. The van der Waals surface area contributed by atoms with Gasteiger partial charge in [-0.25, -0.2) is 0 Å². The second-order valence-electron chi connectivity index (χ2n) is 12.0. The van der Waals surface area contributed by atoms with Crippen molar-refractivity contribution in [2.24, 2.45) is 0 Å². The van der Waals surface area contributed by atoms with Crippen molar-refractivity contribution in [1.82, 2.24) is 0 Å². The van der Waals surface area contributed by atoms with Gasteiger partial charge in [-0.2, -0.15) is 0 Å². The number of hydrogen-bond acceptors (Lipinski definition) is 0. The van der Waals surface area contributed by atoms with E-state index in [4.69, 9.17) is 0 Å². The fourth-order valence-corrected chi connectivity index (χ4v) is 5.94. The fourth-order valence-electron chi connectivity index (χ4n) is 5.94. The summed E-state index contributed by atoms with van der Waals surface area (Å²) in [5.41, 5.74) is 15.8. The first-order valence-electron chi connectivity index (χ1n) is 16.3. The third kappa shape index (κ3) is 8.20. The Bertz CT molecular complexity index is 1800. The Morgan fingerprint density at radius 1 is 0.804 bits per heavy atom. The third-order valence-corrected chi connectivity index (χ3v) is 8.84.